The number of anilines is 1. The van der Waals surface area contributed by atoms with E-state index in [1.807, 2.05) is 6.07 Å². The number of carbonyl (C=O) groups is 1. The molecule has 0 fully saturated rings. The number of hydrogen-bond donors (Lipinski definition) is 2. The van der Waals surface area contributed by atoms with E-state index in [0.717, 1.165) is 5.56 Å². The van der Waals surface area contributed by atoms with Gasteiger partial charge in [0.15, 0.2) is 0 Å². The van der Waals surface area contributed by atoms with E-state index in [0.29, 0.717) is 30.9 Å². The molecule has 2 rings (SSSR count). The average molecular weight is 445 g/mol. The summed E-state index contributed by atoms with van der Waals surface area (Å²) in [5, 5.41) is 11.8. The first-order chi connectivity index (χ1) is 13.5. The van der Waals surface area contributed by atoms with Crippen LogP contribution in [0.15, 0.2) is 54.6 Å². The highest BCUT2D eigenvalue weighted by Gasteiger charge is 2.33. The molecule has 152 valence electrons. The highest BCUT2D eigenvalue weighted by Crippen LogP contribution is 2.50. The van der Waals surface area contributed by atoms with Crippen molar-refractivity contribution in [2.75, 3.05) is 29.9 Å². The van der Waals surface area contributed by atoms with Crippen LogP contribution in [0.3, 0.4) is 0 Å². The van der Waals surface area contributed by atoms with Crippen LogP contribution in [0.2, 0.25) is 0 Å². The zero-order valence-corrected chi connectivity index (χ0v) is 17.7. The van der Waals surface area contributed by atoms with Crippen molar-refractivity contribution < 1.29 is 19.0 Å². The lowest BCUT2D eigenvalue weighted by Crippen LogP contribution is -2.30. The molecule has 0 aliphatic carbocycles. The normalized spacial score (nSPS) is 13.1. The van der Waals surface area contributed by atoms with Crippen LogP contribution in [-0.4, -0.2) is 40.6 Å². The highest BCUT2D eigenvalue weighted by atomic mass is 35.5. The lowest BCUT2D eigenvalue weighted by molar-refractivity contribution is -0.136. The minimum atomic E-state index is -3.53. The van der Waals surface area contributed by atoms with Gasteiger partial charge in [-0.2, -0.15) is 0 Å². The number of nitrogens with one attached hydrogen (secondary N) is 1. The summed E-state index contributed by atoms with van der Waals surface area (Å²) in [6, 6.07) is 16.0. The van der Waals surface area contributed by atoms with E-state index in [1.165, 1.54) is 0 Å². The number of hydrogen-bond acceptors (Lipinski definition) is 3. The number of aliphatic carboxylic acids is 1. The monoisotopic (exact) mass is 444 g/mol. The lowest BCUT2D eigenvalue weighted by atomic mass is 10.1. The quantitative estimate of drug-likeness (QED) is 0.350. The lowest BCUT2D eigenvalue weighted by Gasteiger charge is -2.31. The Labute approximate surface area is 175 Å². The van der Waals surface area contributed by atoms with E-state index in [-0.39, 0.29) is 18.2 Å². The maximum absolute atomic E-state index is 13.7. The zero-order valence-electron chi connectivity index (χ0n) is 15.3. The second-order valence-electron chi connectivity index (χ2n) is 5.96. The Bertz CT molecular complexity index is 784. The predicted octanol–water partition coefficient (Wildman–Crippen LogP) is 5.08. The third-order valence-corrected chi connectivity index (χ3v) is 6.36. The average Bonchev–Trinajstić information content (AvgIpc) is 2.68. The van der Waals surface area contributed by atoms with Gasteiger partial charge in [-0.05, 0) is 36.2 Å². The van der Waals surface area contributed by atoms with Gasteiger partial charge < -0.3 is 9.63 Å². The van der Waals surface area contributed by atoms with Crippen LogP contribution in [-0.2, 0) is 15.8 Å². The minimum absolute atomic E-state index is 0.0572. The van der Waals surface area contributed by atoms with Crippen LogP contribution in [0.5, 0.6) is 5.75 Å². The SMILES string of the molecule is O=C(O)CCc1ccc(NP(=O)(Oc2ccccc2)N(CCCl)CCCl)cc1. The molecule has 0 heterocycles. The van der Waals surface area contributed by atoms with E-state index in [1.54, 1.807) is 53.2 Å². The zero-order chi connectivity index (χ0) is 20.4. The standard InChI is InChI=1S/C19H23Cl2N2O4P/c20-12-14-23(15-13-21)28(26,27-18-4-2-1-3-5-18)22-17-9-6-16(7-10-17)8-11-19(24)25/h1-7,9-10H,8,11-15H2,(H,22,26)(H,24,25). The highest BCUT2D eigenvalue weighted by molar-refractivity contribution is 7.58. The molecule has 2 aromatic carbocycles. The summed E-state index contributed by atoms with van der Waals surface area (Å²) in [5.74, 6) is 0.162. The number of benzene rings is 2. The van der Waals surface area contributed by atoms with Crippen molar-refractivity contribution in [2.24, 2.45) is 0 Å². The van der Waals surface area contributed by atoms with Crippen molar-refractivity contribution in [1.29, 1.82) is 0 Å². The molecule has 9 heteroatoms. The number of aryl methyl sites for hydroxylation is 1. The Morgan fingerprint density at radius 1 is 1.04 bits per heavy atom. The topological polar surface area (TPSA) is 78.9 Å². The van der Waals surface area contributed by atoms with Crippen LogP contribution in [0.4, 0.5) is 5.69 Å². The van der Waals surface area contributed by atoms with Gasteiger partial charge >= 0.3 is 13.6 Å². The summed E-state index contributed by atoms with van der Waals surface area (Å²) in [4.78, 5) is 10.7. The number of para-hydroxylation sites is 1. The maximum Gasteiger partial charge on any atom is 0.419 e. The Morgan fingerprint density at radius 2 is 1.64 bits per heavy atom. The third-order valence-electron chi connectivity index (χ3n) is 3.88. The molecule has 0 aromatic heterocycles. The van der Waals surface area contributed by atoms with Gasteiger partial charge in [-0.1, -0.05) is 30.3 Å². The molecule has 0 saturated carbocycles. The molecule has 28 heavy (non-hydrogen) atoms. The molecule has 0 saturated heterocycles. The molecule has 0 spiro atoms. The van der Waals surface area contributed by atoms with Gasteiger partial charge in [0, 0.05) is 37.0 Å². The molecular formula is C19H23Cl2N2O4P. The minimum Gasteiger partial charge on any atom is -0.481 e. The number of halogens is 2. The van der Waals surface area contributed by atoms with E-state index in [2.05, 4.69) is 5.09 Å². The fourth-order valence-electron chi connectivity index (χ4n) is 2.51. The number of alkyl halides is 2. The Hall–Kier alpha value is -1.72. The van der Waals surface area contributed by atoms with Crippen LogP contribution in [0, 0.1) is 0 Å². The van der Waals surface area contributed by atoms with E-state index in [4.69, 9.17) is 32.8 Å². The van der Waals surface area contributed by atoms with Gasteiger partial charge in [0.25, 0.3) is 0 Å². The molecule has 0 amide bonds. The fraction of sp³-hybridized carbons (Fsp3) is 0.316. The second-order valence-corrected chi connectivity index (χ2v) is 8.73. The first-order valence-corrected chi connectivity index (χ1v) is 11.4. The summed E-state index contributed by atoms with van der Waals surface area (Å²) in [6.07, 6.45) is 0.486. The maximum atomic E-state index is 13.7. The first kappa shape index (κ1) is 22.6. The smallest absolute Gasteiger partial charge is 0.419 e. The Balaban J connectivity index is 2.23. The molecule has 1 atom stereocenters. The van der Waals surface area contributed by atoms with Crippen molar-refractivity contribution in [3.05, 3.63) is 60.2 Å². The Kier molecular flexibility index (Phi) is 9.13. The van der Waals surface area contributed by atoms with Crippen molar-refractivity contribution in [3.8, 4) is 5.75 Å². The number of rotatable bonds is 12. The van der Waals surface area contributed by atoms with Gasteiger partial charge in [-0.3, -0.25) is 9.88 Å². The summed E-state index contributed by atoms with van der Waals surface area (Å²) in [7, 11) is -3.53. The summed E-state index contributed by atoms with van der Waals surface area (Å²) < 4.78 is 21.2. The van der Waals surface area contributed by atoms with Crippen LogP contribution in [0.1, 0.15) is 12.0 Å². The molecular weight excluding hydrogens is 422 g/mol. The molecule has 1 unspecified atom stereocenters. The van der Waals surface area contributed by atoms with Gasteiger partial charge in [-0.15, -0.1) is 23.2 Å². The van der Waals surface area contributed by atoms with Crippen LogP contribution >= 0.6 is 30.9 Å². The fourth-order valence-corrected chi connectivity index (χ4v) is 5.06. The number of carboxylic acid groups (broad SMARTS) is 1. The van der Waals surface area contributed by atoms with Crippen molar-refractivity contribution >= 4 is 42.5 Å². The molecule has 0 bridgehead atoms. The predicted molar refractivity (Wildman–Crippen MR) is 114 cm³/mol. The van der Waals surface area contributed by atoms with Crippen LogP contribution < -0.4 is 9.61 Å². The van der Waals surface area contributed by atoms with Gasteiger partial charge in [0.1, 0.15) is 5.75 Å². The van der Waals surface area contributed by atoms with E-state index in [9.17, 15) is 9.36 Å². The molecule has 6 nitrogen and oxygen atoms in total. The van der Waals surface area contributed by atoms with Crippen LogP contribution in [0.25, 0.3) is 0 Å². The second kappa shape index (κ2) is 11.3. The largest absolute Gasteiger partial charge is 0.481 e. The first-order valence-electron chi connectivity index (χ1n) is 8.78. The van der Waals surface area contributed by atoms with Gasteiger partial charge in [-0.25, -0.2) is 9.24 Å². The van der Waals surface area contributed by atoms with E-state index < -0.39 is 13.6 Å². The molecule has 2 N–H and O–H groups in total. The van der Waals surface area contributed by atoms with E-state index >= 15 is 0 Å². The van der Waals surface area contributed by atoms with Crippen molar-refractivity contribution in [3.63, 3.8) is 0 Å². The number of carboxylic acids is 1. The Morgan fingerprint density at radius 3 is 2.18 bits per heavy atom. The van der Waals surface area contributed by atoms with Gasteiger partial charge in [0.2, 0.25) is 0 Å². The summed E-state index contributed by atoms with van der Waals surface area (Å²) in [5.41, 5.74) is 1.47. The van der Waals surface area contributed by atoms with Crippen molar-refractivity contribution in [2.45, 2.75) is 12.8 Å². The molecule has 0 aliphatic rings. The molecule has 2 aromatic rings. The number of nitrogens with zero attached hydrogens (tertiary/aromatic N) is 1. The molecule has 0 radical (unpaired) electrons. The molecule has 0 aliphatic heterocycles. The third kappa shape index (κ3) is 7.02. The summed E-state index contributed by atoms with van der Waals surface area (Å²) >= 11 is 11.8. The summed E-state index contributed by atoms with van der Waals surface area (Å²) in [6.45, 7) is 0.671. The van der Waals surface area contributed by atoms with Gasteiger partial charge in [0.05, 0.1) is 0 Å². The van der Waals surface area contributed by atoms with Crippen molar-refractivity contribution in [1.82, 2.24) is 4.67 Å².